The fourth-order valence-electron chi connectivity index (χ4n) is 3.66. The van der Waals surface area contributed by atoms with Crippen molar-refractivity contribution in [3.63, 3.8) is 0 Å². The monoisotopic (exact) mass is 620 g/mol. The molecule has 0 bridgehead atoms. The first-order chi connectivity index (χ1) is 15.6. The SMILES string of the molecule is C[Si](C)=[Zr]([Cl])[Cl].Cc1cc2cc([Si](C)(C)C)ccc2[cH-]1.Cc1cc2cc([Si](C)(C)C)ccc2[cH-]1. The second kappa shape index (κ2) is 12.3. The molecule has 0 amide bonds. The number of hydrogen-bond donors (Lipinski definition) is 0. The van der Waals surface area contributed by atoms with Crippen LogP contribution >= 0.6 is 17.0 Å². The second-order valence-electron chi connectivity index (χ2n) is 11.5. The molecule has 0 aliphatic carbocycles. The summed E-state index contributed by atoms with van der Waals surface area (Å²) in [5.74, 6) is 0. The van der Waals surface area contributed by atoms with Gasteiger partial charge < -0.3 is 0 Å². The summed E-state index contributed by atoms with van der Waals surface area (Å²) in [6.07, 6.45) is 0. The number of hydrogen-bond acceptors (Lipinski definition) is 0. The summed E-state index contributed by atoms with van der Waals surface area (Å²) >= 11 is -1.65. The van der Waals surface area contributed by atoms with E-state index in [4.69, 9.17) is 17.0 Å². The molecule has 0 heterocycles. The van der Waals surface area contributed by atoms with E-state index in [0.29, 0.717) is 0 Å². The first-order valence-corrected chi connectivity index (χ1v) is 31.4. The van der Waals surface area contributed by atoms with Gasteiger partial charge in [0.1, 0.15) is 0 Å². The Hall–Kier alpha value is -0.226. The summed E-state index contributed by atoms with van der Waals surface area (Å²) in [4.78, 5) is 0. The van der Waals surface area contributed by atoms with E-state index in [9.17, 15) is 0 Å². The molecule has 0 nitrogen and oxygen atoms in total. The Morgan fingerprint density at radius 1 is 0.647 bits per heavy atom. The van der Waals surface area contributed by atoms with Gasteiger partial charge in [-0.25, -0.2) is 0 Å². The number of aryl methyl sites for hydroxylation is 2. The van der Waals surface area contributed by atoms with Crippen molar-refractivity contribution in [1.29, 1.82) is 0 Å². The van der Waals surface area contributed by atoms with Crippen molar-refractivity contribution in [3.05, 3.63) is 71.8 Å². The average molecular weight is 623 g/mol. The zero-order chi connectivity index (χ0) is 25.8. The third-order valence-electron chi connectivity index (χ3n) is 5.82. The van der Waals surface area contributed by atoms with Gasteiger partial charge in [0.15, 0.2) is 0 Å². The van der Waals surface area contributed by atoms with Crippen LogP contribution in [0, 0.1) is 13.8 Å². The smallest absolute Gasteiger partial charge is 0.0754 e. The average Bonchev–Trinajstić information content (AvgIpc) is 3.26. The van der Waals surface area contributed by atoms with E-state index in [2.05, 4.69) is 127 Å². The van der Waals surface area contributed by atoms with Crippen LogP contribution in [0.2, 0.25) is 52.4 Å². The van der Waals surface area contributed by atoms with Crippen LogP contribution in [-0.4, -0.2) is 21.6 Å². The quantitative estimate of drug-likeness (QED) is 0.155. The third kappa shape index (κ3) is 9.02. The molecule has 0 fully saturated rings. The van der Waals surface area contributed by atoms with E-state index in [0.717, 1.165) is 0 Å². The zero-order valence-corrected chi connectivity index (χ0v) is 29.5. The fourth-order valence-corrected chi connectivity index (χ4v) is 6.00. The Kier molecular flexibility index (Phi) is 10.9. The Morgan fingerprint density at radius 3 is 1.24 bits per heavy atom. The Labute approximate surface area is 224 Å². The molecule has 0 unspecified atom stereocenters. The number of benzene rings is 2. The summed E-state index contributed by atoms with van der Waals surface area (Å²) in [5, 5.41) is 8.67. The van der Waals surface area contributed by atoms with Crippen LogP contribution in [0.4, 0.5) is 0 Å². The van der Waals surface area contributed by atoms with Crippen LogP contribution in [0.1, 0.15) is 11.1 Å². The fraction of sp³-hybridized carbons (Fsp3) is 0.357. The normalized spacial score (nSPS) is 11.5. The Morgan fingerprint density at radius 2 is 0.971 bits per heavy atom. The van der Waals surface area contributed by atoms with Gasteiger partial charge in [-0.1, -0.05) is 63.5 Å². The molecule has 0 atom stereocenters. The van der Waals surface area contributed by atoms with E-state index in [1.807, 2.05) is 0 Å². The Balaban J connectivity index is 0.000000196. The molecule has 0 aliphatic rings. The van der Waals surface area contributed by atoms with Crippen molar-refractivity contribution < 1.29 is 18.0 Å². The predicted molar refractivity (Wildman–Crippen MR) is 164 cm³/mol. The molecule has 4 aromatic carbocycles. The maximum absolute atomic E-state index is 5.62. The van der Waals surface area contributed by atoms with Crippen molar-refractivity contribution >= 4 is 70.5 Å². The van der Waals surface area contributed by atoms with Gasteiger partial charge in [-0.05, 0) is 0 Å². The summed E-state index contributed by atoms with van der Waals surface area (Å²) in [7, 11) is 8.96. The molecule has 0 radical (unpaired) electrons. The molecular weight excluding hydrogens is 583 g/mol. The van der Waals surface area contributed by atoms with E-state index in [1.54, 1.807) is 10.4 Å². The van der Waals surface area contributed by atoms with Crippen LogP contribution in [0.3, 0.4) is 0 Å². The van der Waals surface area contributed by atoms with Crippen molar-refractivity contribution in [1.82, 2.24) is 0 Å². The van der Waals surface area contributed by atoms with Crippen molar-refractivity contribution in [2.45, 2.75) is 66.2 Å². The zero-order valence-electron chi connectivity index (χ0n) is 22.5. The van der Waals surface area contributed by atoms with Crippen molar-refractivity contribution in [2.75, 3.05) is 0 Å². The molecule has 0 saturated heterocycles. The van der Waals surface area contributed by atoms with E-state index in [1.165, 1.54) is 32.7 Å². The van der Waals surface area contributed by atoms with Gasteiger partial charge in [0.25, 0.3) is 0 Å². The maximum atomic E-state index is 5.62. The molecule has 0 saturated carbocycles. The van der Waals surface area contributed by atoms with Gasteiger partial charge in [-0.3, -0.25) is 0 Å². The first kappa shape index (κ1) is 30.0. The summed E-state index contributed by atoms with van der Waals surface area (Å²) in [5.41, 5.74) is 2.51. The summed E-state index contributed by atoms with van der Waals surface area (Å²) in [6, 6.07) is 22.9. The maximum Gasteiger partial charge on any atom is 0.0754 e. The van der Waals surface area contributed by atoms with Gasteiger partial charge in [-0.15, -0.1) is 81.2 Å². The van der Waals surface area contributed by atoms with E-state index < -0.39 is 34.1 Å². The molecule has 0 aliphatic heterocycles. The van der Waals surface area contributed by atoms with E-state index >= 15 is 0 Å². The van der Waals surface area contributed by atoms with Crippen LogP contribution in [0.5, 0.6) is 0 Å². The van der Waals surface area contributed by atoms with Crippen molar-refractivity contribution in [3.8, 4) is 0 Å². The molecule has 184 valence electrons. The van der Waals surface area contributed by atoms with Gasteiger partial charge in [0.2, 0.25) is 0 Å². The Bertz CT molecular complexity index is 1180. The minimum Gasteiger partial charge on any atom is -0.165 e. The van der Waals surface area contributed by atoms with Crippen LogP contribution < -0.4 is 10.4 Å². The summed E-state index contributed by atoms with van der Waals surface area (Å²) in [6.45, 7) is 23.0. The van der Waals surface area contributed by atoms with Crippen molar-refractivity contribution in [2.24, 2.45) is 0 Å². The predicted octanol–water partition coefficient (Wildman–Crippen LogP) is 8.99. The molecule has 0 N–H and O–H groups in total. The molecule has 0 aromatic heterocycles. The van der Waals surface area contributed by atoms with Crippen LogP contribution in [-0.2, 0) is 18.0 Å². The molecule has 4 rings (SSSR count). The minimum absolute atomic E-state index is 0.224. The van der Waals surface area contributed by atoms with Crippen LogP contribution in [0.25, 0.3) is 21.5 Å². The molecular formula is C28H40Cl2Si3Zr-2. The van der Waals surface area contributed by atoms with Gasteiger partial charge >= 0.3 is 53.5 Å². The number of rotatable bonds is 2. The summed E-state index contributed by atoms with van der Waals surface area (Å²) < 4.78 is 0. The van der Waals surface area contributed by atoms with Gasteiger partial charge in [-0.2, -0.15) is 12.1 Å². The molecule has 4 aromatic rings. The third-order valence-corrected chi connectivity index (χ3v) is 29.6. The largest absolute Gasteiger partial charge is 0.165 e. The van der Waals surface area contributed by atoms with Gasteiger partial charge in [0, 0.05) is 0 Å². The number of fused-ring (bicyclic) bond motifs is 2. The standard InChI is InChI=1S/2C13H17Si.C2H6Si.2ClH.Zr/c2*1-10-7-11-5-6-13(14(2,3)4)9-12(11)8-10;1-3-2;;;/h2*5-9H,1-4H3;1-2H3;2*1H;/q2*-1;;;;+2/p-2. The molecule has 34 heavy (non-hydrogen) atoms. The topological polar surface area (TPSA) is 0 Å². The van der Waals surface area contributed by atoms with Crippen LogP contribution in [0.15, 0.2) is 60.7 Å². The molecule has 6 heteroatoms. The molecule has 0 spiro atoms. The van der Waals surface area contributed by atoms with E-state index in [-0.39, 0.29) is 5.43 Å². The number of halogens is 2. The van der Waals surface area contributed by atoms with Gasteiger partial charge in [0.05, 0.1) is 16.1 Å². The minimum atomic E-state index is -1.65. The second-order valence-corrected chi connectivity index (χ2v) is 44.6. The first-order valence-electron chi connectivity index (χ1n) is 11.9.